The molecule has 0 saturated heterocycles. The van der Waals surface area contributed by atoms with Crippen molar-refractivity contribution in [3.63, 3.8) is 0 Å². The number of hydrogen-bond donors (Lipinski definition) is 2. The first kappa shape index (κ1) is 20.8. The Kier molecular flexibility index (Phi) is 6.19. The highest BCUT2D eigenvalue weighted by Gasteiger charge is 2.07. The van der Waals surface area contributed by atoms with Gasteiger partial charge < -0.3 is 10.6 Å². The van der Waals surface area contributed by atoms with Crippen molar-refractivity contribution in [3.05, 3.63) is 101 Å². The minimum absolute atomic E-state index is 0.478. The monoisotopic (exact) mass is 418 g/mol. The minimum Gasteiger partial charge on any atom is -0.340 e. The number of hydrogen-bond acceptors (Lipinski definition) is 6. The second-order valence-corrected chi connectivity index (χ2v) is 7.35. The fraction of sp³-hybridized carbons (Fsp3) is 0.0769. The summed E-state index contributed by atoms with van der Waals surface area (Å²) < 4.78 is 0. The number of aromatic nitrogens is 3. The smallest absolute Gasteiger partial charge is 0.229 e. The molecular formula is C26H22N6. The number of nitrogens with zero attached hydrogens (tertiary/aromatic N) is 4. The third-order valence-electron chi connectivity index (χ3n) is 4.89. The molecule has 0 aliphatic carbocycles. The first-order chi connectivity index (χ1) is 15.6. The van der Waals surface area contributed by atoms with Crippen molar-refractivity contribution >= 4 is 35.3 Å². The molecule has 0 bridgehead atoms. The van der Waals surface area contributed by atoms with E-state index in [9.17, 15) is 0 Å². The summed E-state index contributed by atoms with van der Waals surface area (Å²) in [6, 6.07) is 19.3. The van der Waals surface area contributed by atoms with Gasteiger partial charge in [-0.25, -0.2) is 4.98 Å². The van der Waals surface area contributed by atoms with Crippen LogP contribution in [0.25, 0.3) is 12.2 Å². The van der Waals surface area contributed by atoms with Crippen molar-refractivity contribution in [2.45, 2.75) is 13.8 Å². The molecule has 0 saturated carbocycles. The summed E-state index contributed by atoms with van der Waals surface area (Å²) in [5, 5.41) is 15.5. The van der Waals surface area contributed by atoms with Crippen molar-refractivity contribution in [2.75, 3.05) is 10.6 Å². The normalized spacial score (nSPS) is 10.7. The van der Waals surface area contributed by atoms with Crippen LogP contribution in [0.5, 0.6) is 0 Å². The van der Waals surface area contributed by atoms with Gasteiger partial charge >= 0.3 is 0 Å². The zero-order chi connectivity index (χ0) is 22.3. The quantitative estimate of drug-likeness (QED) is 0.398. The van der Waals surface area contributed by atoms with E-state index in [1.807, 2.05) is 36.5 Å². The molecule has 4 rings (SSSR count). The van der Waals surface area contributed by atoms with Gasteiger partial charge in [0.25, 0.3) is 0 Å². The predicted octanol–water partition coefficient (Wildman–Crippen LogP) is 6.02. The van der Waals surface area contributed by atoms with Crippen molar-refractivity contribution in [1.82, 2.24) is 15.0 Å². The lowest BCUT2D eigenvalue weighted by atomic mass is 10.0. The molecule has 2 N–H and O–H groups in total. The first-order valence-electron chi connectivity index (χ1n) is 10.2. The second kappa shape index (κ2) is 9.54. The van der Waals surface area contributed by atoms with E-state index < -0.39 is 0 Å². The van der Waals surface area contributed by atoms with Crippen LogP contribution in [0.4, 0.5) is 23.1 Å². The van der Waals surface area contributed by atoms with E-state index in [4.69, 9.17) is 5.26 Å². The molecule has 6 nitrogen and oxygen atoms in total. The molecule has 2 aromatic heterocycles. The van der Waals surface area contributed by atoms with Crippen LogP contribution in [-0.4, -0.2) is 15.0 Å². The number of anilines is 4. The largest absolute Gasteiger partial charge is 0.340 e. The molecule has 0 fully saturated rings. The third kappa shape index (κ3) is 5.15. The average molecular weight is 419 g/mol. The van der Waals surface area contributed by atoms with Crippen LogP contribution in [0.3, 0.4) is 0 Å². The van der Waals surface area contributed by atoms with Crippen molar-refractivity contribution in [2.24, 2.45) is 0 Å². The highest BCUT2D eigenvalue weighted by Crippen LogP contribution is 2.27. The van der Waals surface area contributed by atoms with Crippen LogP contribution in [0, 0.1) is 25.2 Å². The van der Waals surface area contributed by atoms with Gasteiger partial charge in [-0.05, 0) is 84.6 Å². The lowest BCUT2D eigenvalue weighted by Gasteiger charge is -2.14. The molecule has 0 aliphatic rings. The van der Waals surface area contributed by atoms with Gasteiger partial charge in [0, 0.05) is 30.0 Å². The summed E-state index contributed by atoms with van der Waals surface area (Å²) in [6.45, 7) is 4.15. The molecule has 4 aromatic rings. The van der Waals surface area contributed by atoms with Crippen LogP contribution in [0.2, 0.25) is 0 Å². The summed E-state index contributed by atoms with van der Waals surface area (Å²) in [5.41, 5.74) is 6.88. The van der Waals surface area contributed by atoms with E-state index in [-0.39, 0.29) is 0 Å². The Morgan fingerprint density at radius 3 is 2.31 bits per heavy atom. The van der Waals surface area contributed by atoms with Gasteiger partial charge in [0.05, 0.1) is 11.6 Å². The first-order valence-corrected chi connectivity index (χ1v) is 10.2. The van der Waals surface area contributed by atoms with Crippen LogP contribution >= 0.6 is 0 Å². The van der Waals surface area contributed by atoms with Crippen molar-refractivity contribution in [1.29, 1.82) is 5.26 Å². The highest BCUT2D eigenvalue weighted by molar-refractivity contribution is 5.74. The van der Waals surface area contributed by atoms with Gasteiger partial charge in [-0.15, -0.1) is 0 Å². The third-order valence-corrected chi connectivity index (χ3v) is 4.89. The van der Waals surface area contributed by atoms with Gasteiger partial charge in [-0.2, -0.15) is 10.2 Å². The van der Waals surface area contributed by atoms with E-state index in [0.717, 1.165) is 33.6 Å². The summed E-state index contributed by atoms with van der Waals surface area (Å²) in [7, 11) is 0. The summed E-state index contributed by atoms with van der Waals surface area (Å²) in [4.78, 5) is 13.0. The number of nitriles is 1. The number of pyridine rings is 1. The van der Waals surface area contributed by atoms with Crippen LogP contribution in [0.1, 0.15) is 27.8 Å². The Morgan fingerprint density at radius 1 is 0.875 bits per heavy atom. The molecular weight excluding hydrogens is 396 g/mol. The van der Waals surface area contributed by atoms with Gasteiger partial charge in [-0.3, -0.25) is 4.98 Å². The van der Waals surface area contributed by atoms with Gasteiger partial charge in [0.15, 0.2) is 0 Å². The Hall–Kier alpha value is -4.50. The molecule has 156 valence electrons. The topological polar surface area (TPSA) is 86.5 Å². The van der Waals surface area contributed by atoms with Crippen LogP contribution < -0.4 is 10.6 Å². The molecule has 0 spiro atoms. The molecule has 2 heterocycles. The Balaban J connectivity index is 1.50. The Bertz CT molecular complexity index is 1270. The lowest BCUT2D eigenvalue weighted by molar-refractivity contribution is 1.16. The van der Waals surface area contributed by atoms with Crippen LogP contribution in [0.15, 0.2) is 73.2 Å². The summed E-state index contributed by atoms with van der Waals surface area (Å²) in [6.07, 6.45) is 9.46. The van der Waals surface area contributed by atoms with Crippen LogP contribution in [-0.2, 0) is 0 Å². The van der Waals surface area contributed by atoms with E-state index >= 15 is 0 Å². The van der Waals surface area contributed by atoms with E-state index in [1.54, 1.807) is 24.5 Å². The maximum absolute atomic E-state index is 8.93. The maximum Gasteiger partial charge on any atom is 0.229 e. The maximum atomic E-state index is 8.93. The van der Waals surface area contributed by atoms with Crippen molar-refractivity contribution in [3.8, 4) is 6.07 Å². The van der Waals surface area contributed by atoms with E-state index in [0.29, 0.717) is 17.3 Å². The molecule has 2 aromatic carbocycles. The molecule has 0 unspecified atom stereocenters. The number of rotatable bonds is 6. The van der Waals surface area contributed by atoms with E-state index in [1.165, 1.54) is 0 Å². The second-order valence-electron chi connectivity index (χ2n) is 7.35. The number of benzene rings is 2. The standard InChI is InChI=1S/C26H22N6/c1-18-14-22(6-5-21-4-3-12-28-17-21)15-19(2)25(18)31-24-11-13-29-26(32-24)30-23-9-7-20(16-27)8-10-23/h3-15,17H,1-2H3,(H2,29,30,31,32). The summed E-state index contributed by atoms with van der Waals surface area (Å²) >= 11 is 0. The molecule has 0 amide bonds. The fourth-order valence-corrected chi connectivity index (χ4v) is 3.33. The molecule has 0 radical (unpaired) electrons. The van der Waals surface area contributed by atoms with Gasteiger partial charge in [0.1, 0.15) is 5.82 Å². The average Bonchev–Trinajstić information content (AvgIpc) is 2.81. The Morgan fingerprint density at radius 2 is 1.62 bits per heavy atom. The zero-order valence-electron chi connectivity index (χ0n) is 17.9. The molecule has 0 atom stereocenters. The minimum atomic E-state index is 0.478. The fourth-order valence-electron chi connectivity index (χ4n) is 3.33. The zero-order valence-corrected chi connectivity index (χ0v) is 17.9. The Labute approximate surface area is 187 Å². The lowest BCUT2D eigenvalue weighted by Crippen LogP contribution is -2.02. The highest BCUT2D eigenvalue weighted by atomic mass is 15.1. The number of nitrogens with one attached hydrogen (secondary N) is 2. The molecule has 32 heavy (non-hydrogen) atoms. The molecule has 6 heteroatoms. The molecule has 0 aliphatic heterocycles. The van der Waals surface area contributed by atoms with Crippen molar-refractivity contribution < 1.29 is 0 Å². The number of aryl methyl sites for hydroxylation is 2. The van der Waals surface area contributed by atoms with Gasteiger partial charge in [-0.1, -0.05) is 18.2 Å². The summed E-state index contributed by atoms with van der Waals surface area (Å²) in [5.74, 6) is 1.17. The van der Waals surface area contributed by atoms with Gasteiger partial charge in [0.2, 0.25) is 5.95 Å². The SMILES string of the molecule is Cc1cc(C=Cc2cccnc2)cc(C)c1Nc1ccnc(Nc2ccc(C#N)cc2)n1. The predicted molar refractivity (Wildman–Crippen MR) is 129 cm³/mol. The van der Waals surface area contributed by atoms with E-state index in [2.05, 4.69) is 69.8 Å².